The van der Waals surface area contributed by atoms with Crippen molar-refractivity contribution >= 4 is 15.8 Å². The summed E-state index contributed by atoms with van der Waals surface area (Å²) < 4.78 is 35.9. The van der Waals surface area contributed by atoms with E-state index in [1.165, 1.54) is 74.5 Å². The summed E-state index contributed by atoms with van der Waals surface area (Å²) in [6.45, 7) is 24.2. The molecule has 0 radical (unpaired) electrons. The summed E-state index contributed by atoms with van der Waals surface area (Å²) in [7, 11) is -2.87. The molecule has 2 heterocycles. The molecular weight excluding hydrogens is 793 g/mol. The van der Waals surface area contributed by atoms with Crippen LogP contribution < -0.4 is 10.1 Å². The Morgan fingerprint density at radius 2 is 1.94 bits per heavy atom. The van der Waals surface area contributed by atoms with E-state index in [2.05, 4.69) is 81.5 Å². The number of aromatic nitrogens is 1. The Kier molecular flexibility index (Phi) is 16.0. The maximum Gasteiger partial charge on any atom is 0.315 e. The Bertz CT molecular complexity index is 1940. The van der Waals surface area contributed by atoms with Gasteiger partial charge in [0.1, 0.15) is 23.7 Å². The zero-order valence-corrected chi connectivity index (χ0v) is 40.4. The van der Waals surface area contributed by atoms with E-state index in [0.29, 0.717) is 84.6 Å². The predicted octanol–water partition coefficient (Wildman–Crippen LogP) is 10.4. The third-order valence-electron chi connectivity index (χ3n) is 16.8. The van der Waals surface area contributed by atoms with Crippen LogP contribution in [-0.2, 0) is 19.4 Å². The van der Waals surface area contributed by atoms with Gasteiger partial charge in [-0.1, -0.05) is 71.6 Å². The van der Waals surface area contributed by atoms with Crippen LogP contribution in [-0.4, -0.2) is 80.7 Å². The number of sulfone groups is 1. The Labute approximate surface area is 375 Å². The first-order chi connectivity index (χ1) is 29.5. The molecule has 4 unspecified atom stereocenters. The van der Waals surface area contributed by atoms with Crippen LogP contribution in [0.4, 0.5) is 0 Å². The minimum atomic E-state index is -2.87. The van der Waals surface area contributed by atoms with Crippen molar-refractivity contribution in [3.05, 3.63) is 59.3 Å². The number of ether oxygens (including phenoxy) is 2. The third kappa shape index (κ3) is 10.9. The molecule has 0 bridgehead atoms. The van der Waals surface area contributed by atoms with Crippen LogP contribution in [0, 0.1) is 57.2 Å². The molecular formula is C52H80N4O5S. The van der Waals surface area contributed by atoms with Crippen LogP contribution in [0.15, 0.2) is 53.8 Å². The number of esters is 1. The fourth-order valence-corrected chi connectivity index (χ4v) is 14.2. The van der Waals surface area contributed by atoms with Crippen LogP contribution in [0.3, 0.4) is 0 Å². The smallest absolute Gasteiger partial charge is 0.315 e. The van der Waals surface area contributed by atoms with Crippen molar-refractivity contribution in [3.63, 3.8) is 0 Å². The summed E-state index contributed by atoms with van der Waals surface area (Å²) in [4.78, 5) is 20.3. The molecule has 1 aliphatic heterocycles. The van der Waals surface area contributed by atoms with Gasteiger partial charge in [0.05, 0.1) is 18.1 Å². The minimum absolute atomic E-state index is 0.0201. The molecule has 0 spiro atoms. The van der Waals surface area contributed by atoms with Crippen LogP contribution in [0.25, 0.3) is 0 Å². The number of nitrogens with one attached hydrogen (secondary N) is 1. The number of pyridine rings is 1. The molecule has 0 aromatic carbocycles. The van der Waals surface area contributed by atoms with Crippen molar-refractivity contribution in [2.75, 3.05) is 50.9 Å². The largest absolute Gasteiger partial charge is 0.475 e. The number of hydrogen-bond acceptors (Lipinski definition) is 9. The summed E-state index contributed by atoms with van der Waals surface area (Å²) in [6.07, 6.45) is 23.1. The van der Waals surface area contributed by atoms with Gasteiger partial charge in [-0.2, -0.15) is 5.26 Å². The third-order valence-corrected chi connectivity index (χ3v) is 18.4. The molecule has 1 aromatic heterocycles. The van der Waals surface area contributed by atoms with Crippen LogP contribution in [0.1, 0.15) is 150 Å². The van der Waals surface area contributed by atoms with Crippen LogP contribution >= 0.6 is 0 Å². The van der Waals surface area contributed by atoms with E-state index < -0.39 is 15.3 Å². The number of fused-ring (bicyclic) bond motifs is 3. The van der Waals surface area contributed by atoms with Gasteiger partial charge in [0.25, 0.3) is 0 Å². The topological polar surface area (TPSA) is 122 Å². The zero-order valence-electron chi connectivity index (χ0n) is 39.5. The Morgan fingerprint density at radius 1 is 1.16 bits per heavy atom. The molecule has 62 heavy (non-hydrogen) atoms. The molecule has 1 N–H and O–H groups in total. The van der Waals surface area contributed by atoms with E-state index in [4.69, 9.17) is 9.47 Å². The molecule has 0 amide bonds. The number of nitrogens with zero attached hydrogens (tertiary/aromatic N) is 3. The van der Waals surface area contributed by atoms with Gasteiger partial charge in [-0.15, -0.1) is 6.58 Å². The number of carbonyl (C=O) groups is 1. The fraction of sp³-hybridized carbons (Fsp3) is 0.750. The Hall–Kier alpha value is -3.00. The summed E-state index contributed by atoms with van der Waals surface area (Å²) in [6, 6.07) is 5.57. The standard InChI is InChI=1S/C52H80N4O5S/c1-9-13-39(5)49(6,7)44(41-19-22-51(23-20-41,48(57)60-10-2)37-61-47-43(36-53)15-12-27-54-47)16-11-14-40-17-18-45-46-42(34-38(3)4)21-24-52(46,26-25-50(45,8)35-40)55-28-29-56-30-32-62(58,59)33-31-56/h12,15-16,19,27,39-40,42,45-46,55H,3,9-11,13-14,17-18,20-26,28-35,37H2,1-2,4-8H3/b44-16-/t39?,40?,42-,45+,46?,50-,51?,52-/m0/s1. The summed E-state index contributed by atoms with van der Waals surface area (Å²) in [5, 5.41) is 13.8. The van der Waals surface area contributed by atoms with Crippen molar-refractivity contribution in [2.45, 2.75) is 150 Å². The average Bonchev–Trinajstić information content (AvgIpc) is 3.59. The van der Waals surface area contributed by atoms with E-state index in [1.54, 1.807) is 18.3 Å². The van der Waals surface area contributed by atoms with Crippen molar-refractivity contribution in [1.29, 1.82) is 5.26 Å². The van der Waals surface area contributed by atoms with Gasteiger partial charge in [-0.3, -0.25) is 4.79 Å². The van der Waals surface area contributed by atoms with Crippen molar-refractivity contribution in [2.24, 2.45) is 45.8 Å². The van der Waals surface area contributed by atoms with Crippen molar-refractivity contribution in [3.8, 4) is 11.9 Å². The number of hydrogen-bond donors (Lipinski definition) is 1. The summed E-state index contributed by atoms with van der Waals surface area (Å²) >= 11 is 0. The first-order valence-electron chi connectivity index (χ1n) is 24.4. The second-order valence-corrected chi connectivity index (χ2v) is 23.6. The maximum atomic E-state index is 13.6. The molecule has 4 aliphatic carbocycles. The Morgan fingerprint density at radius 3 is 2.61 bits per heavy atom. The first-order valence-corrected chi connectivity index (χ1v) is 26.2. The molecule has 3 saturated carbocycles. The second kappa shape index (κ2) is 20.4. The normalized spacial score (nSPS) is 31.8. The van der Waals surface area contributed by atoms with E-state index in [0.717, 1.165) is 38.8 Å². The van der Waals surface area contributed by atoms with E-state index in [9.17, 15) is 18.5 Å². The Balaban J connectivity index is 1.15. The molecule has 9 nitrogen and oxygen atoms in total. The van der Waals surface area contributed by atoms with Gasteiger partial charge < -0.3 is 19.7 Å². The quantitative estimate of drug-likeness (QED) is 0.107. The molecule has 1 saturated heterocycles. The highest BCUT2D eigenvalue weighted by atomic mass is 32.2. The van der Waals surface area contributed by atoms with Gasteiger partial charge in [0.2, 0.25) is 5.88 Å². The highest BCUT2D eigenvalue weighted by molar-refractivity contribution is 7.91. The lowest BCUT2D eigenvalue weighted by Gasteiger charge is -2.58. The van der Waals surface area contributed by atoms with E-state index in [1.807, 2.05) is 6.92 Å². The first kappa shape index (κ1) is 48.5. The van der Waals surface area contributed by atoms with Gasteiger partial charge >= 0.3 is 5.97 Å². The lowest BCUT2D eigenvalue weighted by atomic mass is 9.49. The molecule has 4 fully saturated rings. The highest BCUT2D eigenvalue weighted by Crippen LogP contribution is 2.63. The van der Waals surface area contributed by atoms with Gasteiger partial charge in [-0.05, 0) is 155 Å². The average molecular weight is 873 g/mol. The van der Waals surface area contributed by atoms with Gasteiger partial charge in [0, 0.05) is 37.9 Å². The summed E-state index contributed by atoms with van der Waals surface area (Å²) in [5.74, 6) is 3.88. The van der Waals surface area contributed by atoms with Crippen LogP contribution in [0.5, 0.6) is 5.88 Å². The monoisotopic (exact) mass is 873 g/mol. The zero-order chi connectivity index (χ0) is 44.8. The van der Waals surface area contributed by atoms with E-state index in [-0.39, 0.29) is 29.4 Å². The number of nitriles is 1. The summed E-state index contributed by atoms with van der Waals surface area (Å²) in [5.41, 5.74) is 4.14. The van der Waals surface area contributed by atoms with Crippen molar-refractivity contribution < 1.29 is 22.7 Å². The molecule has 5 aliphatic rings. The fourth-order valence-electron chi connectivity index (χ4n) is 12.9. The van der Waals surface area contributed by atoms with Gasteiger partial charge in [0.15, 0.2) is 9.84 Å². The molecule has 1 aromatic rings. The number of carbonyl (C=O) groups excluding carboxylic acids is 1. The predicted molar refractivity (Wildman–Crippen MR) is 250 cm³/mol. The SMILES string of the molecule is C=C(C)C[C@@H]1CC[C@]2(NCCN3CCS(=O)(=O)CC3)CC[C@@]3(C)CC(CC/C=C(/C4=CCC(COc5ncccc5C#N)(C(=O)OCC)CC4)C(C)(C)C(C)CCC)CC[C@@H]3C12. The van der Waals surface area contributed by atoms with E-state index >= 15 is 0 Å². The highest BCUT2D eigenvalue weighted by Gasteiger charge is 2.59. The number of allylic oxidation sites excluding steroid dienone is 5. The second-order valence-electron chi connectivity index (χ2n) is 21.3. The molecule has 344 valence electrons. The molecule has 6 rings (SSSR count). The van der Waals surface area contributed by atoms with Crippen molar-refractivity contribution in [1.82, 2.24) is 15.2 Å². The number of rotatable bonds is 19. The lowest BCUT2D eigenvalue weighted by Crippen LogP contribution is -2.60. The maximum absolute atomic E-state index is 13.6. The van der Waals surface area contributed by atoms with Crippen LogP contribution in [0.2, 0.25) is 0 Å². The molecule has 8 atom stereocenters. The lowest BCUT2D eigenvalue weighted by molar-refractivity contribution is -0.158. The minimum Gasteiger partial charge on any atom is -0.475 e. The van der Waals surface area contributed by atoms with Gasteiger partial charge in [-0.25, -0.2) is 13.4 Å². The molecule has 10 heteroatoms.